The fraction of sp³-hybridized carbons (Fsp3) is 0.0294. The number of benzene rings is 12. The van der Waals surface area contributed by atoms with Crippen LogP contribution in [0, 0.1) is 0 Å². The standard InChI is InChI=1S/C68H45N/c1-5-21-48(22-6-1)67(49-23-7-2-8-24-49)62-35-19-20-36-65(62)69(52-27-11-4-12-28-52)66-42-39-51(45-64(66)67)68(50-25-9-3-10-26-50)61-34-18-17-33-58(61)59-41-38-47(44-63(59)68)46-37-40-57-55-31-14-13-29-53(55)54-30-15-16-32-56(54)60(57)43-46/h1-45H. The van der Waals surface area contributed by atoms with E-state index in [0.717, 1.165) is 11.4 Å². The average Bonchev–Trinajstić information content (AvgIpc) is 3.73. The zero-order chi connectivity index (χ0) is 45.5. The molecule has 322 valence electrons. The molecule has 69 heavy (non-hydrogen) atoms. The Labute approximate surface area is 402 Å². The molecular weight excluding hydrogens is 831 g/mol. The topological polar surface area (TPSA) is 3.24 Å². The van der Waals surface area contributed by atoms with Crippen LogP contribution < -0.4 is 4.90 Å². The molecule has 0 N–H and O–H groups in total. The van der Waals surface area contributed by atoms with Crippen molar-refractivity contribution in [2.24, 2.45) is 0 Å². The predicted octanol–water partition coefficient (Wildman–Crippen LogP) is 17.3. The van der Waals surface area contributed by atoms with Crippen LogP contribution in [0.1, 0.15) is 44.5 Å². The highest BCUT2D eigenvalue weighted by Crippen LogP contribution is 2.61. The molecule has 1 unspecified atom stereocenters. The van der Waals surface area contributed by atoms with Gasteiger partial charge >= 0.3 is 0 Å². The minimum absolute atomic E-state index is 0.658. The minimum Gasteiger partial charge on any atom is -0.310 e. The largest absolute Gasteiger partial charge is 0.310 e. The number of fused-ring (bicyclic) bond motifs is 11. The molecule has 0 radical (unpaired) electrons. The summed E-state index contributed by atoms with van der Waals surface area (Å²) >= 11 is 0. The zero-order valence-electron chi connectivity index (χ0n) is 37.9. The number of hydrogen-bond acceptors (Lipinski definition) is 1. The van der Waals surface area contributed by atoms with Crippen LogP contribution in [0.5, 0.6) is 0 Å². The van der Waals surface area contributed by atoms with Gasteiger partial charge in [-0.1, -0.05) is 237 Å². The van der Waals surface area contributed by atoms with Gasteiger partial charge in [0.1, 0.15) is 0 Å². The van der Waals surface area contributed by atoms with Gasteiger partial charge in [-0.2, -0.15) is 0 Å². The molecule has 1 aliphatic heterocycles. The Morgan fingerprint density at radius 3 is 1.29 bits per heavy atom. The summed E-state index contributed by atoms with van der Waals surface area (Å²) in [5.74, 6) is 0. The lowest BCUT2D eigenvalue weighted by Gasteiger charge is -2.47. The van der Waals surface area contributed by atoms with Gasteiger partial charge in [0.25, 0.3) is 0 Å². The fourth-order valence-electron chi connectivity index (χ4n) is 12.6. The van der Waals surface area contributed by atoms with E-state index in [0.29, 0.717) is 0 Å². The Morgan fingerprint density at radius 2 is 0.667 bits per heavy atom. The van der Waals surface area contributed by atoms with Crippen LogP contribution in [0.4, 0.5) is 17.1 Å². The third-order valence-corrected chi connectivity index (χ3v) is 15.4. The summed E-state index contributed by atoms with van der Waals surface area (Å²) < 4.78 is 0. The molecule has 1 heteroatoms. The molecule has 0 bridgehead atoms. The highest BCUT2D eigenvalue weighted by Gasteiger charge is 2.50. The molecule has 0 fully saturated rings. The van der Waals surface area contributed by atoms with Crippen LogP contribution in [-0.2, 0) is 10.8 Å². The van der Waals surface area contributed by atoms with E-state index >= 15 is 0 Å². The summed E-state index contributed by atoms with van der Waals surface area (Å²) in [6.45, 7) is 0. The first-order valence-electron chi connectivity index (χ1n) is 24.1. The van der Waals surface area contributed by atoms with Crippen LogP contribution in [0.3, 0.4) is 0 Å². The normalized spacial score (nSPS) is 15.4. The van der Waals surface area contributed by atoms with Gasteiger partial charge in [-0.3, -0.25) is 0 Å². The maximum absolute atomic E-state index is 2.58. The van der Waals surface area contributed by atoms with Crippen LogP contribution in [0.2, 0.25) is 0 Å². The summed E-state index contributed by atoms with van der Waals surface area (Å²) in [6.07, 6.45) is 0. The Morgan fingerprint density at radius 1 is 0.232 bits per heavy atom. The first-order valence-corrected chi connectivity index (χ1v) is 24.1. The van der Waals surface area contributed by atoms with Gasteiger partial charge in [0.2, 0.25) is 0 Å². The van der Waals surface area contributed by atoms with E-state index < -0.39 is 10.8 Å². The number of nitrogens with zero attached hydrogens (tertiary/aromatic N) is 1. The highest BCUT2D eigenvalue weighted by atomic mass is 15.2. The highest BCUT2D eigenvalue weighted by molar-refractivity contribution is 6.25. The third-order valence-electron chi connectivity index (χ3n) is 15.4. The summed E-state index contributed by atoms with van der Waals surface area (Å²) in [5, 5.41) is 7.69. The summed E-state index contributed by atoms with van der Waals surface area (Å²) in [5.41, 5.74) is 17.1. The van der Waals surface area contributed by atoms with Crippen molar-refractivity contribution in [2.75, 3.05) is 4.90 Å². The lowest BCUT2D eigenvalue weighted by molar-refractivity contribution is 0.716. The van der Waals surface area contributed by atoms with E-state index in [4.69, 9.17) is 0 Å². The summed E-state index contributed by atoms with van der Waals surface area (Å²) in [4.78, 5) is 2.48. The van der Waals surface area contributed by atoms with Gasteiger partial charge in [0.15, 0.2) is 0 Å². The maximum Gasteiger partial charge on any atom is 0.0742 e. The second kappa shape index (κ2) is 15.4. The number of anilines is 3. The summed E-state index contributed by atoms with van der Waals surface area (Å²) in [7, 11) is 0. The SMILES string of the molecule is c1ccc(N2c3ccccc3C(c3ccccc3)(c3ccccc3)c3cc(C4(c5ccccc5)c5ccccc5-c5ccc(-c6ccc7c8ccccc8c8ccccc8c7c6)cc54)ccc32)cc1. The molecule has 1 atom stereocenters. The van der Waals surface area contributed by atoms with Crippen LogP contribution in [0.15, 0.2) is 273 Å². The van der Waals surface area contributed by atoms with E-state index in [2.05, 4.69) is 278 Å². The monoisotopic (exact) mass is 875 g/mol. The Balaban J connectivity index is 1.08. The third kappa shape index (κ3) is 5.59. The fourth-order valence-corrected chi connectivity index (χ4v) is 12.6. The van der Waals surface area contributed by atoms with Gasteiger partial charge in [-0.25, -0.2) is 0 Å². The van der Waals surface area contributed by atoms with Crippen molar-refractivity contribution in [3.05, 3.63) is 317 Å². The lowest BCUT2D eigenvalue weighted by atomic mass is 9.60. The molecule has 0 saturated carbocycles. The van der Waals surface area contributed by atoms with Gasteiger partial charge in [0.05, 0.1) is 22.2 Å². The van der Waals surface area contributed by atoms with E-state index in [1.807, 2.05) is 0 Å². The van der Waals surface area contributed by atoms with Gasteiger partial charge in [0, 0.05) is 5.69 Å². The van der Waals surface area contributed by atoms with Crippen molar-refractivity contribution < 1.29 is 0 Å². The average molecular weight is 876 g/mol. The quantitative estimate of drug-likeness (QED) is 0.150. The van der Waals surface area contributed by atoms with Gasteiger partial charge < -0.3 is 4.90 Å². The predicted molar refractivity (Wildman–Crippen MR) is 288 cm³/mol. The Bertz CT molecular complexity index is 3880. The van der Waals surface area contributed by atoms with Crippen molar-refractivity contribution in [3.8, 4) is 22.3 Å². The van der Waals surface area contributed by atoms with Crippen molar-refractivity contribution in [2.45, 2.75) is 10.8 Å². The molecule has 14 rings (SSSR count). The zero-order valence-corrected chi connectivity index (χ0v) is 37.9. The lowest BCUT2D eigenvalue weighted by Crippen LogP contribution is -2.38. The van der Waals surface area contributed by atoms with Crippen LogP contribution in [-0.4, -0.2) is 0 Å². The second-order valence-electron chi connectivity index (χ2n) is 18.7. The molecule has 0 aromatic heterocycles. The molecule has 0 amide bonds. The first-order chi connectivity index (χ1) is 34.2. The van der Waals surface area contributed by atoms with Crippen LogP contribution >= 0.6 is 0 Å². The van der Waals surface area contributed by atoms with E-state index in [-0.39, 0.29) is 0 Å². The van der Waals surface area contributed by atoms with Crippen LogP contribution in [0.25, 0.3) is 54.6 Å². The number of hydrogen-bond donors (Lipinski definition) is 0. The molecule has 1 heterocycles. The van der Waals surface area contributed by atoms with E-state index in [1.165, 1.54) is 105 Å². The first kappa shape index (κ1) is 39.4. The molecule has 1 nitrogen and oxygen atoms in total. The van der Waals surface area contributed by atoms with Gasteiger partial charge in [-0.05, 0) is 135 Å². The number of rotatable bonds is 6. The van der Waals surface area contributed by atoms with E-state index in [1.54, 1.807) is 0 Å². The smallest absolute Gasteiger partial charge is 0.0742 e. The number of para-hydroxylation sites is 2. The van der Waals surface area contributed by atoms with Crippen molar-refractivity contribution in [3.63, 3.8) is 0 Å². The van der Waals surface area contributed by atoms with Crippen molar-refractivity contribution >= 4 is 49.4 Å². The Hall–Kier alpha value is -8.78. The molecule has 0 spiro atoms. The molecule has 2 aliphatic rings. The molecule has 1 aliphatic carbocycles. The summed E-state index contributed by atoms with van der Waals surface area (Å²) in [6, 6.07) is 102. The molecule has 0 saturated heterocycles. The maximum atomic E-state index is 2.58. The minimum atomic E-state index is -0.661. The Kier molecular flexibility index (Phi) is 8.78. The van der Waals surface area contributed by atoms with Gasteiger partial charge in [-0.15, -0.1) is 0 Å². The molecule has 12 aromatic carbocycles. The molecular formula is C68H45N. The van der Waals surface area contributed by atoms with E-state index in [9.17, 15) is 0 Å². The molecule has 12 aromatic rings. The second-order valence-corrected chi connectivity index (χ2v) is 18.7. The van der Waals surface area contributed by atoms with Crippen molar-refractivity contribution in [1.29, 1.82) is 0 Å². The van der Waals surface area contributed by atoms with Crippen molar-refractivity contribution in [1.82, 2.24) is 0 Å².